The second-order valence-corrected chi connectivity index (χ2v) is 7.68. The lowest BCUT2D eigenvalue weighted by atomic mass is 9.81. The number of nitriles is 1. The number of carbonyl (C=O) groups is 1. The van der Waals surface area contributed by atoms with Gasteiger partial charge < -0.3 is 25.8 Å². The van der Waals surface area contributed by atoms with Crippen molar-refractivity contribution in [1.29, 1.82) is 5.26 Å². The van der Waals surface area contributed by atoms with E-state index in [4.69, 9.17) is 20.6 Å². The van der Waals surface area contributed by atoms with Crippen LogP contribution < -0.4 is 16.0 Å². The third-order valence-electron chi connectivity index (χ3n) is 5.20. The first-order valence-corrected chi connectivity index (χ1v) is 10.0. The molecule has 1 aromatic carbocycles. The summed E-state index contributed by atoms with van der Waals surface area (Å²) < 4.78 is 5.63. The van der Waals surface area contributed by atoms with Gasteiger partial charge in [-0.05, 0) is 38.3 Å². The lowest BCUT2D eigenvalue weighted by molar-refractivity contribution is -0.113. The molecule has 32 heavy (non-hydrogen) atoms. The molecule has 2 aromatic rings. The van der Waals surface area contributed by atoms with Crippen LogP contribution in [0, 0.1) is 11.3 Å². The highest BCUT2D eigenvalue weighted by molar-refractivity contribution is 6.00. The summed E-state index contributed by atoms with van der Waals surface area (Å²) in [7, 11) is 0. The molecular weight excluding hydrogens is 418 g/mol. The number of aromatic nitrogens is 2. The van der Waals surface area contributed by atoms with Crippen molar-refractivity contribution in [3.8, 4) is 23.3 Å². The number of carbonyl (C=O) groups excluding carboxylic acids is 1. The molecule has 1 aliphatic carbocycles. The summed E-state index contributed by atoms with van der Waals surface area (Å²) in [6, 6.07) is 8.48. The van der Waals surface area contributed by atoms with Gasteiger partial charge in [-0.15, -0.1) is 0 Å². The van der Waals surface area contributed by atoms with Gasteiger partial charge in [-0.25, -0.2) is 10.5 Å². The Kier molecular flexibility index (Phi) is 7.22. The van der Waals surface area contributed by atoms with E-state index in [1.165, 1.54) is 6.92 Å². The molecule has 0 unspecified atom stereocenters. The summed E-state index contributed by atoms with van der Waals surface area (Å²) in [6.07, 6.45) is -0.135. The minimum atomic E-state index is -1.24. The molecule has 2 atom stereocenters. The van der Waals surface area contributed by atoms with Gasteiger partial charge in [-0.1, -0.05) is 12.1 Å². The van der Waals surface area contributed by atoms with Gasteiger partial charge in [0.1, 0.15) is 30.2 Å². The SMILES string of the molecule is C[C@@H](Oc1nc(-c2cccc(C#N)c2)nc(N)c1C(=O)NOCC1(O)CCC1)[C@H](O)CO. The number of nitrogens with zero attached hydrogens (tertiary/aromatic N) is 3. The Hall–Kier alpha value is -3.30. The highest BCUT2D eigenvalue weighted by Crippen LogP contribution is 2.31. The molecule has 6 N–H and O–H groups in total. The maximum absolute atomic E-state index is 12.7. The number of hydroxylamine groups is 1. The van der Waals surface area contributed by atoms with Crippen molar-refractivity contribution in [3.63, 3.8) is 0 Å². The van der Waals surface area contributed by atoms with E-state index < -0.39 is 30.3 Å². The van der Waals surface area contributed by atoms with Gasteiger partial charge in [0.25, 0.3) is 5.91 Å². The van der Waals surface area contributed by atoms with Crippen LogP contribution in [-0.2, 0) is 4.84 Å². The van der Waals surface area contributed by atoms with Gasteiger partial charge in [0.2, 0.25) is 5.88 Å². The molecule has 0 spiro atoms. The molecule has 1 fully saturated rings. The van der Waals surface area contributed by atoms with Gasteiger partial charge in [-0.2, -0.15) is 10.2 Å². The van der Waals surface area contributed by atoms with Crippen LogP contribution in [0.5, 0.6) is 5.88 Å². The van der Waals surface area contributed by atoms with E-state index in [2.05, 4.69) is 15.4 Å². The summed E-state index contributed by atoms with van der Waals surface area (Å²) in [5, 5.41) is 38.3. The van der Waals surface area contributed by atoms with E-state index in [-0.39, 0.29) is 29.7 Å². The molecule has 11 heteroatoms. The lowest BCUT2D eigenvalue weighted by Gasteiger charge is -2.35. The highest BCUT2D eigenvalue weighted by atomic mass is 16.7. The second-order valence-electron chi connectivity index (χ2n) is 7.68. The number of benzene rings is 1. The van der Waals surface area contributed by atoms with Crippen LogP contribution in [0.3, 0.4) is 0 Å². The van der Waals surface area contributed by atoms with Gasteiger partial charge >= 0.3 is 0 Å². The van der Waals surface area contributed by atoms with E-state index in [9.17, 15) is 20.1 Å². The minimum absolute atomic E-state index is 0.0889. The van der Waals surface area contributed by atoms with Crippen LogP contribution in [0.15, 0.2) is 24.3 Å². The Morgan fingerprint density at radius 2 is 2.16 bits per heavy atom. The Morgan fingerprint density at radius 3 is 2.78 bits per heavy atom. The smallest absolute Gasteiger partial charge is 0.284 e. The third kappa shape index (κ3) is 5.30. The first-order chi connectivity index (χ1) is 15.3. The van der Waals surface area contributed by atoms with Crippen molar-refractivity contribution in [2.75, 3.05) is 18.9 Å². The zero-order valence-corrected chi connectivity index (χ0v) is 17.5. The first-order valence-electron chi connectivity index (χ1n) is 10.0. The van der Waals surface area contributed by atoms with Gasteiger partial charge in [0, 0.05) is 5.56 Å². The first kappa shape index (κ1) is 23.4. The predicted molar refractivity (Wildman–Crippen MR) is 112 cm³/mol. The largest absolute Gasteiger partial charge is 0.471 e. The average molecular weight is 443 g/mol. The average Bonchev–Trinajstić information content (AvgIpc) is 2.76. The van der Waals surface area contributed by atoms with Crippen molar-refractivity contribution >= 4 is 11.7 Å². The predicted octanol–water partition coefficient (Wildman–Crippen LogP) is 0.294. The van der Waals surface area contributed by atoms with Crippen molar-refractivity contribution in [3.05, 3.63) is 35.4 Å². The van der Waals surface area contributed by atoms with Crippen LogP contribution in [0.25, 0.3) is 11.4 Å². The molecule has 1 amide bonds. The number of hydrogen-bond donors (Lipinski definition) is 5. The van der Waals surface area contributed by atoms with Crippen LogP contribution in [0.4, 0.5) is 5.82 Å². The monoisotopic (exact) mass is 443 g/mol. The molecule has 1 heterocycles. The summed E-state index contributed by atoms with van der Waals surface area (Å²) in [5.41, 5.74) is 7.88. The number of nitrogens with one attached hydrogen (secondary N) is 1. The summed E-state index contributed by atoms with van der Waals surface area (Å²) in [4.78, 5) is 26.3. The fraction of sp³-hybridized carbons (Fsp3) is 0.429. The Labute approximate surface area is 184 Å². The molecule has 1 aromatic heterocycles. The number of nitrogens with two attached hydrogens (primary N) is 1. The van der Waals surface area contributed by atoms with Crippen molar-refractivity contribution in [2.24, 2.45) is 0 Å². The quantitative estimate of drug-likeness (QED) is 0.338. The van der Waals surface area contributed by atoms with E-state index in [0.717, 1.165) is 6.42 Å². The van der Waals surface area contributed by atoms with E-state index >= 15 is 0 Å². The zero-order chi connectivity index (χ0) is 23.3. The number of amides is 1. The normalized spacial score (nSPS) is 16.3. The number of nitrogen functional groups attached to an aromatic ring is 1. The molecule has 0 bridgehead atoms. The number of aliphatic hydroxyl groups is 3. The summed E-state index contributed by atoms with van der Waals surface area (Å²) in [6.45, 7) is 0.829. The highest BCUT2D eigenvalue weighted by Gasteiger charge is 2.35. The molecule has 11 nitrogen and oxygen atoms in total. The standard InChI is InChI=1S/C21H25N5O6/c1-12(15(28)10-27)32-20-16(19(29)26-31-11-21(30)6-3-7-21)17(23)24-18(25-20)14-5-2-4-13(8-14)9-22/h2,4-5,8,12,15,27-28,30H,3,6-7,10-11H2,1H3,(H,26,29)(H2,23,24,25)/t12-,15-/m1/s1. The Bertz CT molecular complexity index is 1020. The number of hydrogen-bond acceptors (Lipinski definition) is 10. The van der Waals surface area contributed by atoms with Crippen LogP contribution in [0.1, 0.15) is 42.1 Å². The summed E-state index contributed by atoms with van der Waals surface area (Å²) >= 11 is 0. The molecule has 1 aliphatic rings. The number of rotatable bonds is 9. The molecule has 3 rings (SSSR count). The maximum Gasteiger partial charge on any atom is 0.284 e. The number of anilines is 1. The van der Waals surface area contributed by atoms with E-state index in [1.807, 2.05) is 6.07 Å². The van der Waals surface area contributed by atoms with Crippen LogP contribution >= 0.6 is 0 Å². The molecular formula is C21H25N5O6. The molecule has 0 saturated heterocycles. The number of aliphatic hydroxyl groups excluding tert-OH is 2. The molecule has 0 radical (unpaired) electrons. The Balaban J connectivity index is 1.91. The van der Waals surface area contributed by atoms with E-state index in [1.54, 1.807) is 24.3 Å². The second kappa shape index (κ2) is 9.88. The minimum Gasteiger partial charge on any atom is -0.471 e. The summed E-state index contributed by atoms with van der Waals surface area (Å²) in [5.74, 6) is -1.16. The van der Waals surface area contributed by atoms with Crippen molar-refractivity contribution in [1.82, 2.24) is 15.4 Å². The number of ether oxygens (including phenoxy) is 1. The van der Waals surface area contributed by atoms with Gasteiger partial charge in [-0.3, -0.25) is 9.63 Å². The Morgan fingerprint density at radius 1 is 1.41 bits per heavy atom. The van der Waals surface area contributed by atoms with Crippen molar-refractivity contribution < 1.29 is 29.7 Å². The van der Waals surface area contributed by atoms with E-state index in [0.29, 0.717) is 24.0 Å². The topological polar surface area (TPSA) is 184 Å². The van der Waals surface area contributed by atoms with Crippen molar-refractivity contribution in [2.45, 2.75) is 44.0 Å². The molecule has 1 saturated carbocycles. The lowest BCUT2D eigenvalue weighted by Crippen LogP contribution is -2.44. The zero-order valence-electron chi connectivity index (χ0n) is 17.5. The third-order valence-corrected chi connectivity index (χ3v) is 5.20. The van der Waals surface area contributed by atoms with Crippen LogP contribution in [-0.4, -0.2) is 62.2 Å². The maximum atomic E-state index is 12.7. The van der Waals surface area contributed by atoms with Crippen LogP contribution in [0.2, 0.25) is 0 Å². The molecule has 170 valence electrons. The van der Waals surface area contributed by atoms with Gasteiger partial charge in [0.15, 0.2) is 5.82 Å². The fourth-order valence-electron chi connectivity index (χ4n) is 3.03. The van der Waals surface area contributed by atoms with Gasteiger partial charge in [0.05, 0.1) is 23.8 Å². The molecule has 0 aliphatic heterocycles. The fourth-order valence-corrected chi connectivity index (χ4v) is 3.03.